The van der Waals surface area contributed by atoms with Crippen LogP contribution in [0.3, 0.4) is 0 Å². The molecule has 1 aromatic carbocycles. The van der Waals surface area contributed by atoms with Crippen molar-refractivity contribution < 1.29 is 9.76 Å². The fraction of sp³-hybridized carbons (Fsp3) is 0.333. The van der Waals surface area contributed by atoms with Crippen molar-refractivity contribution in [3.63, 3.8) is 0 Å². The van der Waals surface area contributed by atoms with Crippen molar-refractivity contribution in [3.8, 4) is 11.4 Å². The molecule has 2 aromatic rings. The van der Waals surface area contributed by atoms with Crippen molar-refractivity contribution in [2.75, 3.05) is 18.2 Å². The molecule has 114 valence electrons. The Morgan fingerprint density at radius 1 is 1.23 bits per heavy atom. The number of benzene rings is 1. The van der Waals surface area contributed by atoms with Gasteiger partial charge in [-0.05, 0) is 31.9 Å². The molecule has 22 heavy (non-hydrogen) atoms. The lowest BCUT2D eigenvalue weighted by molar-refractivity contribution is -0.384. The third kappa shape index (κ3) is 3.04. The van der Waals surface area contributed by atoms with Crippen LogP contribution in [-0.2, 0) is 4.84 Å². The average Bonchev–Trinajstić information content (AvgIpc) is 2.55. The molecule has 0 aliphatic carbocycles. The van der Waals surface area contributed by atoms with E-state index < -0.39 is 4.92 Å². The summed E-state index contributed by atoms with van der Waals surface area (Å²) in [5.41, 5.74) is 1.62. The zero-order valence-electron chi connectivity index (χ0n) is 12.2. The summed E-state index contributed by atoms with van der Waals surface area (Å²) in [5, 5.41) is 12.5. The lowest BCUT2D eigenvalue weighted by atomic mass is 10.2. The van der Waals surface area contributed by atoms with E-state index in [0.29, 0.717) is 12.4 Å². The van der Waals surface area contributed by atoms with E-state index in [0.717, 1.165) is 36.5 Å². The number of hydroxylamine groups is 1. The highest BCUT2D eigenvalue weighted by Gasteiger charge is 2.16. The molecule has 1 fully saturated rings. The second-order valence-corrected chi connectivity index (χ2v) is 5.14. The largest absolute Gasteiger partial charge is 0.272 e. The minimum Gasteiger partial charge on any atom is -0.272 e. The van der Waals surface area contributed by atoms with Crippen molar-refractivity contribution in [2.45, 2.75) is 19.8 Å². The second kappa shape index (κ2) is 6.07. The maximum absolute atomic E-state index is 10.7. The van der Waals surface area contributed by atoms with Gasteiger partial charge < -0.3 is 0 Å². The zero-order valence-corrected chi connectivity index (χ0v) is 12.2. The molecule has 0 atom stereocenters. The van der Waals surface area contributed by atoms with Crippen LogP contribution < -0.4 is 5.06 Å². The van der Waals surface area contributed by atoms with Crippen LogP contribution in [0.25, 0.3) is 11.4 Å². The maximum Gasteiger partial charge on any atom is 0.269 e. The molecule has 1 aliphatic heterocycles. The Morgan fingerprint density at radius 3 is 2.64 bits per heavy atom. The minimum absolute atomic E-state index is 0.0518. The van der Waals surface area contributed by atoms with Gasteiger partial charge in [0.25, 0.3) is 5.69 Å². The molecule has 0 unspecified atom stereocenters. The van der Waals surface area contributed by atoms with Gasteiger partial charge in [0.1, 0.15) is 0 Å². The van der Waals surface area contributed by atoms with Gasteiger partial charge in [0.15, 0.2) is 11.6 Å². The van der Waals surface area contributed by atoms with Crippen LogP contribution >= 0.6 is 0 Å². The van der Waals surface area contributed by atoms with Crippen molar-refractivity contribution in [2.24, 2.45) is 0 Å². The van der Waals surface area contributed by atoms with Gasteiger partial charge in [-0.3, -0.25) is 15.0 Å². The van der Waals surface area contributed by atoms with E-state index in [1.165, 1.54) is 12.1 Å². The Hall–Kier alpha value is -2.54. The molecule has 3 rings (SSSR count). The van der Waals surface area contributed by atoms with Crippen molar-refractivity contribution in [3.05, 3.63) is 46.1 Å². The standard InChI is InChI=1S/C15H16N4O3/c1-11-10-14(18-8-2-3-9-22-18)17-15(16-11)12-4-6-13(7-5-12)19(20)21/h4-7,10H,2-3,8-9H2,1H3. The van der Waals surface area contributed by atoms with E-state index in [1.54, 1.807) is 17.2 Å². The number of hydrogen-bond donors (Lipinski definition) is 0. The Bertz CT molecular complexity index is 682. The number of nitro benzene ring substituents is 1. The topological polar surface area (TPSA) is 81.4 Å². The fourth-order valence-electron chi connectivity index (χ4n) is 2.32. The first-order valence-electron chi connectivity index (χ1n) is 7.14. The number of anilines is 1. The highest BCUT2D eigenvalue weighted by Crippen LogP contribution is 2.23. The van der Waals surface area contributed by atoms with Gasteiger partial charge in [-0.25, -0.2) is 15.0 Å². The molecule has 7 heteroatoms. The lowest BCUT2D eigenvalue weighted by Gasteiger charge is -2.27. The first-order valence-corrected chi connectivity index (χ1v) is 7.14. The predicted molar refractivity (Wildman–Crippen MR) is 81.4 cm³/mol. The summed E-state index contributed by atoms with van der Waals surface area (Å²) in [5.74, 6) is 1.26. The first-order chi connectivity index (χ1) is 10.6. The molecule has 1 aromatic heterocycles. The highest BCUT2D eigenvalue weighted by atomic mass is 16.7. The van der Waals surface area contributed by atoms with Gasteiger partial charge >= 0.3 is 0 Å². The molecular formula is C15H16N4O3. The molecule has 1 aliphatic rings. The van der Waals surface area contributed by atoms with Crippen LogP contribution in [-0.4, -0.2) is 28.0 Å². The van der Waals surface area contributed by atoms with Crippen LogP contribution in [0, 0.1) is 17.0 Å². The summed E-state index contributed by atoms with van der Waals surface area (Å²) in [4.78, 5) is 24.8. The molecule has 0 N–H and O–H groups in total. The van der Waals surface area contributed by atoms with E-state index in [1.807, 2.05) is 13.0 Å². The molecule has 0 saturated carbocycles. The zero-order chi connectivity index (χ0) is 15.5. The summed E-state index contributed by atoms with van der Waals surface area (Å²) >= 11 is 0. The van der Waals surface area contributed by atoms with Crippen LogP contribution in [0.5, 0.6) is 0 Å². The van der Waals surface area contributed by atoms with Gasteiger partial charge in [0.2, 0.25) is 0 Å². The Kier molecular flexibility index (Phi) is 3.97. The molecule has 2 heterocycles. The minimum atomic E-state index is -0.423. The summed E-state index contributed by atoms with van der Waals surface area (Å²) in [6.45, 7) is 3.39. The molecular weight excluding hydrogens is 284 g/mol. The highest BCUT2D eigenvalue weighted by molar-refractivity contribution is 5.59. The van der Waals surface area contributed by atoms with Gasteiger partial charge in [-0.1, -0.05) is 0 Å². The molecule has 0 radical (unpaired) electrons. The number of rotatable bonds is 3. The van der Waals surface area contributed by atoms with E-state index in [4.69, 9.17) is 4.84 Å². The third-order valence-electron chi connectivity index (χ3n) is 3.44. The SMILES string of the molecule is Cc1cc(N2CCCCO2)nc(-c2ccc([N+](=O)[O-])cc2)n1. The molecule has 0 amide bonds. The average molecular weight is 300 g/mol. The molecule has 1 saturated heterocycles. The van der Waals surface area contributed by atoms with Crippen molar-refractivity contribution in [1.82, 2.24) is 9.97 Å². The van der Waals surface area contributed by atoms with Crippen LogP contribution in [0.1, 0.15) is 18.5 Å². The van der Waals surface area contributed by atoms with Gasteiger partial charge in [-0.15, -0.1) is 0 Å². The van der Waals surface area contributed by atoms with E-state index in [9.17, 15) is 10.1 Å². The summed E-state index contributed by atoms with van der Waals surface area (Å²) in [6, 6.07) is 8.11. The van der Waals surface area contributed by atoms with Crippen LogP contribution in [0.4, 0.5) is 11.5 Å². The molecule has 7 nitrogen and oxygen atoms in total. The molecule has 0 bridgehead atoms. The van der Waals surface area contributed by atoms with Crippen molar-refractivity contribution >= 4 is 11.5 Å². The smallest absolute Gasteiger partial charge is 0.269 e. The van der Waals surface area contributed by atoms with Gasteiger partial charge in [0, 0.05) is 36.0 Å². The van der Waals surface area contributed by atoms with E-state index in [2.05, 4.69) is 9.97 Å². The van der Waals surface area contributed by atoms with Crippen LogP contribution in [0.2, 0.25) is 0 Å². The number of nitro groups is 1. The number of non-ortho nitro benzene ring substituents is 1. The fourth-order valence-corrected chi connectivity index (χ4v) is 2.32. The maximum atomic E-state index is 10.7. The van der Waals surface area contributed by atoms with Crippen molar-refractivity contribution in [1.29, 1.82) is 0 Å². The van der Waals surface area contributed by atoms with E-state index in [-0.39, 0.29) is 5.69 Å². The summed E-state index contributed by atoms with van der Waals surface area (Å²) in [6.07, 6.45) is 2.12. The third-order valence-corrected chi connectivity index (χ3v) is 3.44. The predicted octanol–water partition coefficient (Wildman–Crippen LogP) is 2.89. The van der Waals surface area contributed by atoms with Gasteiger partial charge in [0.05, 0.1) is 11.5 Å². The lowest BCUT2D eigenvalue weighted by Crippen LogP contribution is -2.30. The van der Waals surface area contributed by atoms with Gasteiger partial charge in [-0.2, -0.15) is 0 Å². The Morgan fingerprint density at radius 2 is 2.00 bits per heavy atom. The quantitative estimate of drug-likeness (QED) is 0.640. The summed E-state index contributed by atoms with van der Waals surface area (Å²) in [7, 11) is 0. The molecule has 0 spiro atoms. The number of hydrogen-bond acceptors (Lipinski definition) is 6. The Balaban J connectivity index is 1.92. The Labute approximate surface area is 127 Å². The second-order valence-electron chi connectivity index (χ2n) is 5.14. The normalized spacial score (nSPS) is 14.9. The summed E-state index contributed by atoms with van der Waals surface area (Å²) < 4.78 is 0. The first kappa shape index (κ1) is 14.4. The van der Waals surface area contributed by atoms with Crippen LogP contribution in [0.15, 0.2) is 30.3 Å². The number of aromatic nitrogens is 2. The van der Waals surface area contributed by atoms with E-state index >= 15 is 0 Å². The number of nitrogens with zero attached hydrogens (tertiary/aromatic N) is 4. The number of aryl methyl sites for hydroxylation is 1. The monoisotopic (exact) mass is 300 g/mol.